The van der Waals surface area contributed by atoms with Crippen molar-refractivity contribution in [2.45, 2.75) is 24.7 Å². The van der Waals surface area contributed by atoms with Crippen molar-refractivity contribution in [3.8, 4) is 5.75 Å². The van der Waals surface area contributed by atoms with Gasteiger partial charge in [-0.15, -0.1) is 0 Å². The molecule has 17 heavy (non-hydrogen) atoms. The minimum absolute atomic E-state index is 0.194. The van der Waals surface area contributed by atoms with Gasteiger partial charge in [-0.2, -0.15) is 0 Å². The highest BCUT2D eigenvalue weighted by Crippen LogP contribution is 2.43. The SMILES string of the molecule is NCC1(c2ccc3ccc(O)cc3c2)CCC1. The molecule has 0 heterocycles. The van der Waals surface area contributed by atoms with Crippen molar-refractivity contribution in [1.29, 1.82) is 0 Å². The maximum absolute atomic E-state index is 9.53. The summed E-state index contributed by atoms with van der Waals surface area (Å²) in [5, 5.41) is 11.8. The van der Waals surface area contributed by atoms with Gasteiger partial charge in [0.05, 0.1) is 0 Å². The van der Waals surface area contributed by atoms with Crippen LogP contribution in [-0.2, 0) is 5.41 Å². The summed E-state index contributed by atoms with van der Waals surface area (Å²) in [6.07, 6.45) is 3.65. The molecule has 0 radical (unpaired) electrons. The first-order valence-electron chi connectivity index (χ1n) is 6.17. The molecule has 0 spiro atoms. The summed E-state index contributed by atoms with van der Waals surface area (Å²) in [7, 11) is 0. The monoisotopic (exact) mass is 227 g/mol. The first-order valence-corrected chi connectivity index (χ1v) is 6.17. The Kier molecular flexibility index (Phi) is 2.33. The van der Waals surface area contributed by atoms with Gasteiger partial charge in [0.2, 0.25) is 0 Å². The number of hydrogen-bond donors (Lipinski definition) is 2. The van der Waals surface area contributed by atoms with Crippen LogP contribution in [-0.4, -0.2) is 11.7 Å². The van der Waals surface area contributed by atoms with Crippen molar-refractivity contribution >= 4 is 10.8 Å². The van der Waals surface area contributed by atoms with Gasteiger partial charge in [0, 0.05) is 12.0 Å². The third-order valence-corrected chi connectivity index (χ3v) is 4.14. The lowest BCUT2D eigenvalue weighted by Crippen LogP contribution is -2.41. The average molecular weight is 227 g/mol. The van der Waals surface area contributed by atoms with Crippen LogP contribution in [0.2, 0.25) is 0 Å². The lowest BCUT2D eigenvalue weighted by molar-refractivity contribution is 0.253. The van der Waals surface area contributed by atoms with Crippen LogP contribution in [0.4, 0.5) is 0 Å². The van der Waals surface area contributed by atoms with Crippen LogP contribution in [0, 0.1) is 0 Å². The van der Waals surface area contributed by atoms with E-state index in [-0.39, 0.29) is 5.41 Å². The van der Waals surface area contributed by atoms with E-state index in [9.17, 15) is 5.11 Å². The van der Waals surface area contributed by atoms with Crippen LogP contribution in [0.5, 0.6) is 5.75 Å². The van der Waals surface area contributed by atoms with Gasteiger partial charge in [0.25, 0.3) is 0 Å². The molecule has 0 saturated heterocycles. The van der Waals surface area contributed by atoms with Gasteiger partial charge in [0.1, 0.15) is 5.75 Å². The van der Waals surface area contributed by atoms with Gasteiger partial charge in [-0.3, -0.25) is 0 Å². The van der Waals surface area contributed by atoms with Crippen molar-refractivity contribution in [1.82, 2.24) is 0 Å². The van der Waals surface area contributed by atoms with Crippen molar-refractivity contribution in [3.05, 3.63) is 42.0 Å². The lowest BCUT2D eigenvalue weighted by atomic mass is 9.64. The first kappa shape index (κ1) is 10.6. The van der Waals surface area contributed by atoms with E-state index in [1.165, 1.54) is 24.8 Å². The van der Waals surface area contributed by atoms with E-state index in [1.807, 2.05) is 12.1 Å². The van der Waals surface area contributed by atoms with E-state index < -0.39 is 0 Å². The van der Waals surface area contributed by atoms with Gasteiger partial charge >= 0.3 is 0 Å². The van der Waals surface area contributed by atoms with Gasteiger partial charge in [-0.25, -0.2) is 0 Å². The zero-order chi connectivity index (χ0) is 11.9. The Hall–Kier alpha value is -1.54. The minimum Gasteiger partial charge on any atom is -0.508 e. The maximum Gasteiger partial charge on any atom is 0.116 e. The Morgan fingerprint density at radius 3 is 2.47 bits per heavy atom. The molecule has 3 N–H and O–H groups in total. The number of fused-ring (bicyclic) bond motifs is 1. The normalized spacial score (nSPS) is 17.9. The molecule has 2 aromatic rings. The van der Waals surface area contributed by atoms with E-state index in [1.54, 1.807) is 6.07 Å². The van der Waals surface area contributed by atoms with Crippen LogP contribution in [0.1, 0.15) is 24.8 Å². The number of hydrogen-bond acceptors (Lipinski definition) is 2. The predicted molar refractivity (Wildman–Crippen MR) is 70.2 cm³/mol. The molecule has 1 fully saturated rings. The van der Waals surface area contributed by atoms with Crippen molar-refractivity contribution in [3.63, 3.8) is 0 Å². The molecule has 1 aliphatic rings. The van der Waals surface area contributed by atoms with Crippen LogP contribution in [0.15, 0.2) is 36.4 Å². The summed E-state index contributed by atoms with van der Waals surface area (Å²) in [4.78, 5) is 0. The second kappa shape index (κ2) is 3.74. The van der Waals surface area contributed by atoms with E-state index in [0.29, 0.717) is 5.75 Å². The van der Waals surface area contributed by atoms with Crippen LogP contribution >= 0.6 is 0 Å². The molecule has 88 valence electrons. The summed E-state index contributed by atoms with van der Waals surface area (Å²) in [5.41, 5.74) is 7.44. The molecule has 0 amide bonds. The number of aromatic hydroxyl groups is 1. The van der Waals surface area contributed by atoms with Gasteiger partial charge < -0.3 is 10.8 Å². The Bertz CT molecular complexity index is 552. The Balaban J connectivity index is 2.12. The second-order valence-corrected chi connectivity index (χ2v) is 5.08. The van der Waals surface area contributed by atoms with E-state index in [0.717, 1.165) is 17.3 Å². The molecule has 1 aliphatic carbocycles. The number of phenols is 1. The summed E-state index contributed by atoms with van der Waals surface area (Å²) in [6, 6.07) is 12.0. The Morgan fingerprint density at radius 2 is 1.82 bits per heavy atom. The summed E-state index contributed by atoms with van der Waals surface area (Å²) in [6.45, 7) is 0.720. The van der Waals surface area contributed by atoms with E-state index in [2.05, 4.69) is 18.2 Å². The van der Waals surface area contributed by atoms with Gasteiger partial charge in [-0.05, 0) is 41.3 Å². The molecule has 0 unspecified atom stereocenters. The molecule has 0 atom stereocenters. The van der Waals surface area contributed by atoms with Gasteiger partial charge in [-0.1, -0.05) is 30.7 Å². The lowest BCUT2D eigenvalue weighted by Gasteiger charge is -2.41. The largest absolute Gasteiger partial charge is 0.508 e. The highest BCUT2D eigenvalue weighted by atomic mass is 16.3. The van der Waals surface area contributed by atoms with Crippen LogP contribution in [0.3, 0.4) is 0 Å². The number of benzene rings is 2. The third kappa shape index (κ3) is 1.60. The third-order valence-electron chi connectivity index (χ3n) is 4.14. The quantitative estimate of drug-likeness (QED) is 0.828. The van der Waals surface area contributed by atoms with Crippen molar-refractivity contribution < 1.29 is 5.11 Å². The van der Waals surface area contributed by atoms with Crippen molar-refractivity contribution in [2.24, 2.45) is 5.73 Å². The fraction of sp³-hybridized carbons (Fsp3) is 0.333. The molecular formula is C15H17NO. The topological polar surface area (TPSA) is 46.2 Å². The number of rotatable bonds is 2. The fourth-order valence-corrected chi connectivity index (χ4v) is 2.78. The van der Waals surface area contributed by atoms with E-state index >= 15 is 0 Å². The highest BCUT2D eigenvalue weighted by molar-refractivity contribution is 5.84. The zero-order valence-electron chi connectivity index (χ0n) is 9.82. The molecule has 0 bridgehead atoms. The first-order chi connectivity index (χ1) is 8.23. The predicted octanol–water partition coefficient (Wildman–Crippen LogP) is 2.93. The summed E-state index contributed by atoms with van der Waals surface area (Å²) < 4.78 is 0. The standard InChI is InChI=1S/C15H17NO/c16-10-15(6-1-7-15)13-4-2-11-3-5-14(17)9-12(11)8-13/h2-5,8-9,17H,1,6-7,10,16H2. The second-order valence-electron chi connectivity index (χ2n) is 5.08. The highest BCUT2D eigenvalue weighted by Gasteiger charge is 2.37. The molecule has 2 nitrogen and oxygen atoms in total. The van der Waals surface area contributed by atoms with Gasteiger partial charge in [0.15, 0.2) is 0 Å². The van der Waals surface area contributed by atoms with E-state index in [4.69, 9.17) is 5.73 Å². The number of phenolic OH excluding ortho intramolecular Hbond substituents is 1. The molecular weight excluding hydrogens is 210 g/mol. The van der Waals surface area contributed by atoms with Crippen molar-refractivity contribution in [2.75, 3.05) is 6.54 Å². The van der Waals surface area contributed by atoms with Crippen LogP contribution in [0.25, 0.3) is 10.8 Å². The maximum atomic E-state index is 9.53. The number of nitrogens with two attached hydrogens (primary N) is 1. The molecule has 0 aliphatic heterocycles. The molecule has 0 aromatic heterocycles. The molecule has 2 heteroatoms. The zero-order valence-corrected chi connectivity index (χ0v) is 9.82. The Labute approximate surface area is 101 Å². The smallest absolute Gasteiger partial charge is 0.116 e. The summed E-state index contributed by atoms with van der Waals surface area (Å²) in [5.74, 6) is 0.324. The molecule has 2 aromatic carbocycles. The Morgan fingerprint density at radius 1 is 1.06 bits per heavy atom. The van der Waals surface area contributed by atoms with Crippen LogP contribution < -0.4 is 5.73 Å². The molecule has 1 saturated carbocycles. The minimum atomic E-state index is 0.194. The molecule has 3 rings (SSSR count). The summed E-state index contributed by atoms with van der Waals surface area (Å²) >= 11 is 0. The average Bonchev–Trinajstić information content (AvgIpc) is 2.28. The fourth-order valence-electron chi connectivity index (χ4n) is 2.78.